The highest BCUT2D eigenvalue weighted by atomic mass is 16.5. The minimum Gasteiger partial charge on any atom is -0.497 e. The van der Waals surface area contributed by atoms with Crippen LogP contribution in [0.2, 0.25) is 0 Å². The largest absolute Gasteiger partial charge is 0.497 e. The molecular formula is C31H35N3O4. The number of amides is 1. The van der Waals surface area contributed by atoms with Gasteiger partial charge in [0.2, 0.25) is 5.91 Å². The molecular weight excluding hydrogens is 478 g/mol. The molecule has 1 fully saturated rings. The number of imidazole rings is 1. The Bertz CT molecular complexity index is 1440. The molecule has 1 aliphatic rings. The average molecular weight is 514 g/mol. The molecule has 38 heavy (non-hydrogen) atoms. The third-order valence-corrected chi connectivity index (χ3v) is 7.22. The van der Waals surface area contributed by atoms with Gasteiger partial charge in [-0.1, -0.05) is 29.8 Å². The van der Waals surface area contributed by atoms with Crippen LogP contribution in [-0.4, -0.2) is 42.8 Å². The van der Waals surface area contributed by atoms with Crippen molar-refractivity contribution in [1.82, 2.24) is 9.55 Å². The Balaban J connectivity index is 1.32. The Labute approximate surface area is 224 Å². The summed E-state index contributed by atoms with van der Waals surface area (Å²) in [6.07, 6.45) is 2.28. The Morgan fingerprint density at radius 3 is 2.55 bits per heavy atom. The highest BCUT2D eigenvalue weighted by molar-refractivity contribution is 5.98. The van der Waals surface area contributed by atoms with Crippen molar-refractivity contribution in [1.29, 1.82) is 0 Å². The third-order valence-electron chi connectivity index (χ3n) is 7.22. The second-order valence-corrected chi connectivity index (χ2v) is 9.88. The maximum Gasteiger partial charge on any atom is 0.227 e. The number of aromatic nitrogens is 2. The Morgan fingerprint density at radius 1 is 0.947 bits per heavy atom. The fourth-order valence-corrected chi connectivity index (χ4v) is 5.28. The number of carbonyl (C=O) groups is 1. The van der Waals surface area contributed by atoms with E-state index in [1.807, 2.05) is 42.5 Å². The lowest BCUT2D eigenvalue weighted by atomic mass is 10.1. The number of carbonyl (C=O) groups excluding carboxylic acids is 1. The van der Waals surface area contributed by atoms with Crippen LogP contribution in [0.1, 0.15) is 42.1 Å². The first kappa shape index (κ1) is 25.6. The minimum absolute atomic E-state index is 0.0164. The number of methoxy groups -OCH3 is 2. The zero-order chi connectivity index (χ0) is 26.6. The number of fused-ring (bicyclic) bond motifs is 1. The molecule has 1 unspecified atom stereocenters. The molecule has 1 atom stereocenters. The van der Waals surface area contributed by atoms with Gasteiger partial charge < -0.3 is 23.7 Å². The zero-order valence-electron chi connectivity index (χ0n) is 22.6. The summed E-state index contributed by atoms with van der Waals surface area (Å²) < 4.78 is 19.3. The summed E-state index contributed by atoms with van der Waals surface area (Å²) in [4.78, 5) is 20.0. The fourth-order valence-electron chi connectivity index (χ4n) is 5.28. The number of hydrogen-bond donors (Lipinski definition) is 0. The van der Waals surface area contributed by atoms with Gasteiger partial charge in [0.25, 0.3) is 0 Å². The first-order valence-electron chi connectivity index (χ1n) is 13.2. The van der Waals surface area contributed by atoms with E-state index in [1.54, 1.807) is 19.1 Å². The van der Waals surface area contributed by atoms with E-state index < -0.39 is 0 Å². The molecule has 0 bridgehead atoms. The third kappa shape index (κ3) is 5.19. The summed E-state index contributed by atoms with van der Waals surface area (Å²) in [5.41, 5.74) is 5.19. The van der Waals surface area contributed by atoms with Gasteiger partial charge in [0, 0.05) is 31.5 Å². The van der Waals surface area contributed by atoms with E-state index in [9.17, 15) is 4.79 Å². The van der Waals surface area contributed by atoms with E-state index in [0.717, 1.165) is 53.2 Å². The van der Waals surface area contributed by atoms with Crippen LogP contribution >= 0.6 is 0 Å². The highest BCUT2D eigenvalue weighted by Gasteiger charge is 2.36. The average Bonchev–Trinajstić information content (AvgIpc) is 3.49. The molecule has 0 radical (unpaired) electrons. The van der Waals surface area contributed by atoms with Gasteiger partial charge in [-0.2, -0.15) is 0 Å². The van der Waals surface area contributed by atoms with Gasteiger partial charge >= 0.3 is 0 Å². The van der Waals surface area contributed by atoms with Crippen molar-refractivity contribution < 1.29 is 19.0 Å². The van der Waals surface area contributed by atoms with E-state index in [0.29, 0.717) is 31.1 Å². The van der Waals surface area contributed by atoms with Crippen LogP contribution in [0.3, 0.4) is 0 Å². The van der Waals surface area contributed by atoms with E-state index >= 15 is 0 Å². The molecule has 3 aromatic carbocycles. The summed E-state index contributed by atoms with van der Waals surface area (Å²) in [5, 5.41) is 0. The van der Waals surface area contributed by atoms with Gasteiger partial charge in [-0.05, 0) is 62.6 Å². The predicted molar refractivity (Wildman–Crippen MR) is 150 cm³/mol. The molecule has 0 saturated carbocycles. The molecule has 198 valence electrons. The first-order valence-corrected chi connectivity index (χ1v) is 13.2. The van der Waals surface area contributed by atoms with Crippen LogP contribution in [0.15, 0.2) is 60.7 Å². The topological polar surface area (TPSA) is 65.8 Å². The number of anilines is 1. The molecule has 0 N–H and O–H groups in total. The van der Waals surface area contributed by atoms with Gasteiger partial charge in [0.05, 0.1) is 37.5 Å². The van der Waals surface area contributed by atoms with Crippen molar-refractivity contribution in [2.75, 3.05) is 32.3 Å². The highest BCUT2D eigenvalue weighted by Crippen LogP contribution is 2.39. The molecule has 1 aromatic heterocycles. The zero-order valence-corrected chi connectivity index (χ0v) is 22.6. The number of benzene rings is 3. The van der Waals surface area contributed by atoms with Crippen LogP contribution in [0.5, 0.6) is 17.2 Å². The molecule has 5 rings (SSSR count). The lowest BCUT2D eigenvalue weighted by Gasteiger charge is -2.20. The minimum atomic E-state index is -0.0164. The second-order valence-electron chi connectivity index (χ2n) is 9.88. The molecule has 4 aromatic rings. The standard InChI is InChI=1S/C31H35N3O4/c1-21-11-13-28(22(2)17-21)38-16-8-7-15-33-26-10-6-5-9-25(26)32-31(33)23-18-30(35)34(20-23)27-19-24(36-3)12-14-29(27)37-4/h5-6,9-14,17,19,23H,7-8,15-16,18,20H2,1-4H3. The SMILES string of the molecule is COc1ccc(OC)c(N2CC(c3nc4ccccc4n3CCCCOc3ccc(C)cc3C)CC2=O)c1. The Kier molecular flexibility index (Phi) is 7.54. The van der Waals surface area contributed by atoms with Crippen molar-refractivity contribution in [3.63, 3.8) is 0 Å². The fraction of sp³-hybridized carbons (Fsp3) is 0.355. The summed E-state index contributed by atoms with van der Waals surface area (Å²) in [7, 11) is 3.24. The maximum atomic E-state index is 13.2. The van der Waals surface area contributed by atoms with Crippen molar-refractivity contribution >= 4 is 22.6 Å². The number of ether oxygens (including phenoxy) is 3. The van der Waals surface area contributed by atoms with Crippen molar-refractivity contribution in [3.8, 4) is 17.2 Å². The number of unbranched alkanes of at least 4 members (excludes halogenated alkanes) is 1. The van der Waals surface area contributed by atoms with E-state index in [-0.39, 0.29) is 11.8 Å². The molecule has 2 heterocycles. The normalized spacial score (nSPS) is 15.3. The lowest BCUT2D eigenvalue weighted by molar-refractivity contribution is -0.117. The monoisotopic (exact) mass is 513 g/mol. The van der Waals surface area contributed by atoms with E-state index in [4.69, 9.17) is 19.2 Å². The molecule has 1 amide bonds. The van der Waals surface area contributed by atoms with Crippen LogP contribution in [0.4, 0.5) is 5.69 Å². The molecule has 7 heteroatoms. The number of nitrogens with zero attached hydrogens (tertiary/aromatic N) is 3. The molecule has 1 aliphatic heterocycles. The number of para-hydroxylation sites is 2. The summed E-state index contributed by atoms with van der Waals surface area (Å²) in [5.74, 6) is 3.28. The molecule has 0 aliphatic carbocycles. The summed E-state index contributed by atoms with van der Waals surface area (Å²) in [6, 6.07) is 20.0. The van der Waals surface area contributed by atoms with Crippen molar-refractivity contribution in [2.24, 2.45) is 0 Å². The maximum absolute atomic E-state index is 13.2. The van der Waals surface area contributed by atoms with Crippen molar-refractivity contribution in [3.05, 3.63) is 77.6 Å². The Hall–Kier alpha value is -4.00. The van der Waals surface area contributed by atoms with Crippen LogP contribution in [0.25, 0.3) is 11.0 Å². The van der Waals surface area contributed by atoms with Crippen molar-refractivity contribution in [2.45, 2.75) is 45.6 Å². The number of aryl methyl sites for hydroxylation is 3. The smallest absolute Gasteiger partial charge is 0.227 e. The first-order chi connectivity index (χ1) is 18.5. The van der Waals surface area contributed by atoms with Gasteiger partial charge in [0.1, 0.15) is 23.1 Å². The molecule has 7 nitrogen and oxygen atoms in total. The second kappa shape index (κ2) is 11.2. The van der Waals surface area contributed by atoms with Gasteiger partial charge in [-0.15, -0.1) is 0 Å². The quantitative estimate of drug-likeness (QED) is 0.242. The lowest BCUT2D eigenvalue weighted by Crippen LogP contribution is -2.25. The predicted octanol–water partition coefficient (Wildman–Crippen LogP) is 6.05. The Morgan fingerprint density at radius 2 is 1.76 bits per heavy atom. The van der Waals surface area contributed by atoms with Crippen LogP contribution in [0, 0.1) is 13.8 Å². The van der Waals surface area contributed by atoms with Gasteiger partial charge in [0.15, 0.2) is 0 Å². The van der Waals surface area contributed by atoms with Gasteiger partial charge in [-0.3, -0.25) is 4.79 Å². The summed E-state index contributed by atoms with van der Waals surface area (Å²) >= 11 is 0. The van der Waals surface area contributed by atoms with E-state index in [2.05, 4.69) is 36.6 Å². The van der Waals surface area contributed by atoms with E-state index in [1.165, 1.54) is 5.56 Å². The van der Waals surface area contributed by atoms with Crippen LogP contribution < -0.4 is 19.1 Å². The van der Waals surface area contributed by atoms with Crippen LogP contribution in [-0.2, 0) is 11.3 Å². The number of hydrogen-bond acceptors (Lipinski definition) is 5. The molecule has 0 spiro atoms. The van der Waals surface area contributed by atoms with Gasteiger partial charge in [-0.25, -0.2) is 4.98 Å². The number of rotatable bonds is 10. The summed E-state index contributed by atoms with van der Waals surface area (Å²) in [6.45, 7) is 6.20. The molecule has 1 saturated heterocycles.